The molecular weight excluding hydrogens is 190 g/mol. The number of aromatic nitrogens is 3. The van der Waals surface area contributed by atoms with Gasteiger partial charge < -0.3 is 10.2 Å². The van der Waals surface area contributed by atoms with Gasteiger partial charge in [0.05, 0.1) is 5.69 Å². The highest BCUT2D eigenvalue weighted by Gasteiger charge is 2.09. The lowest BCUT2D eigenvalue weighted by atomic mass is 10.4. The zero-order valence-electron chi connectivity index (χ0n) is 9.32. The van der Waals surface area contributed by atoms with Crippen LogP contribution in [-0.2, 0) is 13.6 Å². The third kappa shape index (κ3) is 3.28. The van der Waals surface area contributed by atoms with Crippen molar-refractivity contribution in [1.29, 1.82) is 0 Å². The molecule has 0 saturated carbocycles. The number of hydrogen-bond donors (Lipinski definition) is 1. The maximum absolute atomic E-state index is 4.02. The van der Waals surface area contributed by atoms with Gasteiger partial charge in [-0.3, -0.25) is 4.68 Å². The first-order valence-electron chi connectivity index (χ1n) is 5.63. The zero-order valence-corrected chi connectivity index (χ0v) is 9.32. The van der Waals surface area contributed by atoms with Crippen LogP contribution in [0, 0.1) is 0 Å². The molecule has 1 aromatic heterocycles. The molecule has 1 saturated heterocycles. The smallest absolute Gasteiger partial charge is 0.0964 e. The van der Waals surface area contributed by atoms with Crippen LogP contribution in [0.2, 0.25) is 0 Å². The summed E-state index contributed by atoms with van der Waals surface area (Å²) >= 11 is 0. The van der Waals surface area contributed by atoms with E-state index in [1.807, 2.05) is 13.2 Å². The van der Waals surface area contributed by atoms with Crippen molar-refractivity contribution in [3.05, 3.63) is 11.9 Å². The number of rotatable bonds is 5. The highest BCUT2D eigenvalue weighted by atomic mass is 15.4. The lowest BCUT2D eigenvalue weighted by Crippen LogP contribution is -2.29. The van der Waals surface area contributed by atoms with E-state index in [-0.39, 0.29) is 0 Å². The van der Waals surface area contributed by atoms with Crippen molar-refractivity contribution < 1.29 is 0 Å². The molecular formula is C10H19N5. The molecule has 2 heterocycles. The highest BCUT2D eigenvalue weighted by Crippen LogP contribution is 2.05. The van der Waals surface area contributed by atoms with Gasteiger partial charge in [0.2, 0.25) is 0 Å². The Morgan fingerprint density at radius 3 is 2.87 bits per heavy atom. The fourth-order valence-corrected chi connectivity index (χ4v) is 1.94. The molecule has 1 N–H and O–H groups in total. The first-order valence-corrected chi connectivity index (χ1v) is 5.63. The molecule has 1 aliphatic rings. The van der Waals surface area contributed by atoms with Crippen LogP contribution in [-0.4, -0.2) is 46.1 Å². The van der Waals surface area contributed by atoms with Crippen molar-refractivity contribution in [3.63, 3.8) is 0 Å². The molecule has 0 amide bonds. The number of hydrogen-bond acceptors (Lipinski definition) is 4. The summed E-state index contributed by atoms with van der Waals surface area (Å²) in [5.41, 5.74) is 1.01. The normalized spacial score (nSPS) is 17.4. The fourth-order valence-electron chi connectivity index (χ4n) is 1.94. The summed E-state index contributed by atoms with van der Waals surface area (Å²) in [6.45, 7) is 5.55. The van der Waals surface area contributed by atoms with Gasteiger partial charge in [-0.05, 0) is 25.9 Å². The van der Waals surface area contributed by atoms with E-state index >= 15 is 0 Å². The quantitative estimate of drug-likeness (QED) is 0.693. The molecule has 5 nitrogen and oxygen atoms in total. The molecule has 0 bridgehead atoms. The molecule has 1 aliphatic heterocycles. The first-order chi connectivity index (χ1) is 7.34. The molecule has 0 aliphatic carbocycles. The van der Waals surface area contributed by atoms with E-state index in [0.29, 0.717) is 0 Å². The Balaban J connectivity index is 1.58. The Kier molecular flexibility index (Phi) is 3.69. The minimum Gasteiger partial charge on any atom is -0.310 e. The molecule has 0 radical (unpaired) electrons. The standard InChI is InChI=1S/C10H19N5/c1-14-9-10(12-13-14)8-11-4-7-15-5-2-3-6-15/h9,11H,2-8H2,1H3. The first kappa shape index (κ1) is 10.6. The second kappa shape index (κ2) is 5.23. The van der Waals surface area contributed by atoms with Gasteiger partial charge in [0.25, 0.3) is 0 Å². The van der Waals surface area contributed by atoms with Crippen LogP contribution in [0.3, 0.4) is 0 Å². The van der Waals surface area contributed by atoms with Gasteiger partial charge in [-0.25, -0.2) is 0 Å². The van der Waals surface area contributed by atoms with E-state index < -0.39 is 0 Å². The van der Waals surface area contributed by atoms with Gasteiger partial charge in [0.1, 0.15) is 0 Å². The van der Waals surface area contributed by atoms with E-state index in [1.54, 1.807) is 4.68 Å². The Labute approximate surface area is 90.5 Å². The van der Waals surface area contributed by atoms with E-state index in [4.69, 9.17) is 0 Å². The van der Waals surface area contributed by atoms with Gasteiger partial charge >= 0.3 is 0 Å². The van der Waals surface area contributed by atoms with Crippen molar-refractivity contribution in [2.75, 3.05) is 26.2 Å². The van der Waals surface area contributed by atoms with E-state index in [0.717, 1.165) is 25.3 Å². The van der Waals surface area contributed by atoms with Crippen molar-refractivity contribution in [2.24, 2.45) is 7.05 Å². The Morgan fingerprint density at radius 2 is 2.20 bits per heavy atom. The monoisotopic (exact) mass is 209 g/mol. The maximum atomic E-state index is 4.02. The topological polar surface area (TPSA) is 46.0 Å². The van der Waals surface area contributed by atoms with Gasteiger partial charge in [0.15, 0.2) is 0 Å². The zero-order chi connectivity index (χ0) is 10.5. The predicted molar refractivity (Wildman–Crippen MR) is 58.4 cm³/mol. The van der Waals surface area contributed by atoms with Crippen molar-refractivity contribution in [2.45, 2.75) is 19.4 Å². The highest BCUT2D eigenvalue weighted by molar-refractivity contribution is 4.90. The Morgan fingerprint density at radius 1 is 1.40 bits per heavy atom. The van der Waals surface area contributed by atoms with Gasteiger partial charge in [-0.1, -0.05) is 5.21 Å². The summed E-state index contributed by atoms with van der Waals surface area (Å²) in [6.07, 6.45) is 4.68. The average Bonchev–Trinajstić information content (AvgIpc) is 2.84. The molecule has 0 unspecified atom stereocenters. The second-order valence-electron chi connectivity index (χ2n) is 4.11. The van der Waals surface area contributed by atoms with E-state index in [1.165, 1.54) is 25.9 Å². The van der Waals surface area contributed by atoms with E-state index in [9.17, 15) is 0 Å². The predicted octanol–water partition coefficient (Wildman–Crippen LogP) is 0.000500. The minimum atomic E-state index is 0.821. The van der Waals surface area contributed by atoms with Crippen LogP contribution in [0.4, 0.5) is 0 Å². The largest absolute Gasteiger partial charge is 0.310 e. The lowest BCUT2D eigenvalue weighted by molar-refractivity contribution is 0.335. The molecule has 15 heavy (non-hydrogen) atoms. The van der Waals surface area contributed by atoms with Crippen LogP contribution >= 0.6 is 0 Å². The Bertz CT molecular complexity index is 290. The minimum absolute atomic E-state index is 0.821. The summed E-state index contributed by atoms with van der Waals surface area (Å²) < 4.78 is 1.73. The van der Waals surface area contributed by atoms with Gasteiger partial charge in [-0.15, -0.1) is 5.10 Å². The Hall–Kier alpha value is -0.940. The number of nitrogens with zero attached hydrogens (tertiary/aromatic N) is 4. The number of nitrogens with one attached hydrogen (secondary N) is 1. The summed E-state index contributed by atoms with van der Waals surface area (Å²) in [4.78, 5) is 2.50. The fraction of sp³-hybridized carbons (Fsp3) is 0.800. The molecule has 1 aromatic rings. The molecule has 0 aromatic carbocycles. The van der Waals surface area contributed by atoms with Gasteiger partial charge in [0, 0.05) is 32.9 Å². The van der Waals surface area contributed by atoms with Crippen LogP contribution in [0.5, 0.6) is 0 Å². The van der Waals surface area contributed by atoms with Crippen LogP contribution < -0.4 is 5.32 Å². The third-order valence-corrected chi connectivity index (χ3v) is 2.76. The van der Waals surface area contributed by atoms with Crippen molar-refractivity contribution >= 4 is 0 Å². The van der Waals surface area contributed by atoms with Crippen LogP contribution in [0.15, 0.2) is 6.20 Å². The SMILES string of the molecule is Cn1cc(CNCCN2CCCC2)nn1. The lowest BCUT2D eigenvalue weighted by Gasteiger charge is -2.14. The number of likely N-dealkylation sites (tertiary alicyclic amines) is 1. The average molecular weight is 209 g/mol. The summed E-state index contributed by atoms with van der Waals surface area (Å²) in [6, 6.07) is 0. The molecule has 0 atom stereocenters. The molecule has 84 valence electrons. The third-order valence-electron chi connectivity index (χ3n) is 2.76. The van der Waals surface area contributed by atoms with Gasteiger partial charge in [-0.2, -0.15) is 0 Å². The van der Waals surface area contributed by atoms with E-state index in [2.05, 4.69) is 20.5 Å². The summed E-state index contributed by atoms with van der Waals surface area (Å²) in [7, 11) is 1.89. The number of aryl methyl sites for hydroxylation is 1. The maximum Gasteiger partial charge on any atom is 0.0964 e. The summed E-state index contributed by atoms with van der Waals surface area (Å²) in [5, 5.41) is 11.3. The van der Waals surface area contributed by atoms with Crippen LogP contribution in [0.1, 0.15) is 18.5 Å². The van der Waals surface area contributed by atoms with Crippen molar-refractivity contribution in [1.82, 2.24) is 25.2 Å². The summed E-state index contributed by atoms with van der Waals surface area (Å²) in [5.74, 6) is 0. The molecule has 5 heteroatoms. The molecule has 1 fully saturated rings. The molecule has 0 spiro atoms. The second-order valence-corrected chi connectivity index (χ2v) is 4.11. The molecule has 2 rings (SSSR count). The van der Waals surface area contributed by atoms with Crippen LogP contribution in [0.25, 0.3) is 0 Å². The van der Waals surface area contributed by atoms with Crippen molar-refractivity contribution in [3.8, 4) is 0 Å².